The summed E-state index contributed by atoms with van der Waals surface area (Å²) in [5.74, 6) is -0.0544. The highest BCUT2D eigenvalue weighted by Crippen LogP contribution is 2.29. The first-order valence-electron chi connectivity index (χ1n) is 6.86. The number of hydrogen-bond donors (Lipinski definition) is 2. The van der Waals surface area contributed by atoms with E-state index in [0.29, 0.717) is 20.8 Å². The molecule has 116 valence electrons. The number of amides is 1. The summed E-state index contributed by atoms with van der Waals surface area (Å²) in [6.45, 7) is 1.92. The summed E-state index contributed by atoms with van der Waals surface area (Å²) < 4.78 is 0. The molecule has 0 unspecified atom stereocenters. The number of carbonyl (C=O) groups is 1. The van der Waals surface area contributed by atoms with Gasteiger partial charge in [0, 0.05) is 5.02 Å². The molecule has 1 aliphatic rings. The van der Waals surface area contributed by atoms with E-state index in [4.69, 9.17) is 11.6 Å². The molecular weight excluding hydrogens is 332 g/mol. The smallest absolute Gasteiger partial charge is 0.264 e. The average Bonchev–Trinajstić information content (AvgIpc) is 2.83. The van der Waals surface area contributed by atoms with E-state index >= 15 is 0 Å². The minimum Gasteiger partial charge on any atom is -0.508 e. The number of halogens is 1. The quantitative estimate of drug-likeness (QED) is 0.801. The van der Waals surface area contributed by atoms with Gasteiger partial charge in [-0.2, -0.15) is 0 Å². The van der Waals surface area contributed by atoms with Crippen LogP contribution in [0.4, 0.5) is 5.69 Å². The number of aryl methyl sites for hydroxylation is 1. The summed E-state index contributed by atoms with van der Waals surface area (Å²) in [6.07, 6.45) is 1.71. The van der Waals surface area contributed by atoms with Gasteiger partial charge in [0.15, 0.2) is 5.17 Å². The molecule has 0 radical (unpaired) electrons. The SMILES string of the molecule is Cc1ccc(N=C2NC(=O)/C(=C/c3cccc(O)c3)S2)cc1Cl. The van der Waals surface area contributed by atoms with Gasteiger partial charge in [0.2, 0.25) is 0 Å². The van der Waals surface area contributed by atoms with E-state index < -0.39 is 0 Å². The maximum Gasteiger partial charge on any atom is 0.264 e. The van der Waals surface area contributed by atoms with Crippen LogP contribution in [0.5, 0.6) is 5.75 Å². The molecule has 0 bridgehead atoms. The monoisotopic (exact) mass is 344 g/mol. The lowest BCUT2D eigenvalue weighted by Crippen LogP contribution is -2.19. The lowest BCUT2D eigenvalue weighted by molar-refractivity contribution is -0.115. The van der Waals surface area contributed by atoms with Gasteiger partial charge in [-0.3, -0.25) is 4.79 Å². The van der Waals surface area contributed by atoms with Crippen LogP contribution in [-0.4, -0.2) is 16.2 Å². The first kappa shape index (κ1) is 15.6. The van der Waals surface area contributed by atoms with Gasteiger partial charge >= 0.3 is 0 Å². The van der Waals surface area contributed by atoms with Crippen molar-refractivity contribution >= 4 is 46.2 Å². The zero-order chi connectivity index (χ0) is 16.4. The Labute approximate surface area is 142 Å². The Morgan fingerprint density at radius 2 is 2.09 bits per heavy atom. The van der Waals surface area contributed by atoms with E-state index in [1.165, 1.54) is 11.8 Å². The molecule has 2 aromatic carbocycles. The van der Waals surface area contributed by atoms with Crippen LogP contribution >= 0.6 is 23.4 Å². The van der Waals surface area contributed by atoms with E-state index in [9.17, 15) is 9.90 Å². The Hall–Kier alpha value is -2.24. The molecule has 0 aliphatic carbocycles. The van der Waals surface area contributed by atoms with Crippen molar-refractivity contribution in [3.63, 3.8) is 0 Å². The second-order valence-electron chi connectivity index (χ2n) is 5.01. The van der Waals surface area contributed by atoms with Crippen molar-refractivity contribution in [2.45, 2.75) is 6.92 Å². The third-order valence-electron chi connectivity index (χ3n) is 3.20. The Balaban J connectivity index is 1.84. The summed E-state index contributed by atoms with van der Waals surface area (Å²) in [5, 5.41) is 13.3. The Bertz CT molecular complexity index is 846. The zero-order valence-corrected chi connectivity index (χ0v) is 13.8. The number of rotatable bonds is 2. The van der Waals surface area contributed by atoms with Crippen LogP contribution in [0, 0.1) is 6.92 Å². The fourth-order valence-corrected chi connectivity index (χ4v) is 3.03. The predicted molar refractivity (Wildman–Crippen MR) is 95.1 cm³/mol. The summed E-state index contributed by atoms with van der Waals surface area (Å²) >= 11 is 7.33. The zero-order valence-electron chi connectivity index (χ0n) is 12.2. The fourth-order valence-electron chi connectivity index (χ4n) is 2.02. The number of aliphatic imine (C=N–C) groups is 1. The Kier molecular flexibility index (Phi) is 4.41. The molecule has 1 saturated heterocycles. The standard InChI is InChI=1S/C17H13ClN2O2S/c1-10-5-6-12(9-14(10)18)19-17-20-16(22)15(23-17)8-11-3-2-4-13(21)7-11/h2-9,21H,1H3,(H,19,20,22)/b15-8-. The second kappa shape index (κ2) is 6.48. The van der Waals surface area contributed by atoms with Gasteiger partial charge in [0.25, 0.3) is 5.91 Å². The molecule has 1 amide bonds. The van der Waals surface area contributed by atoms with Gasteiger partial charge in [-0.25, -0.2) is 4.99 Å². The lowest BCUT2D eigenvalue weighted by atomic mass is 10.2. The van der Waals surface area contributed by atoms with E-state index in [2.05, 4.69) is 10.3 Å². The summed E-state index contributed by atoms with van der Waals surface area (Å²) in [6, 6.07) is 12.2. The van der Waals surface area contributed by atoms with Crippen LogP contribution in [-0.2, 0) is 4.79 Å². The van der Waals surface area contributed by atoms with Gasteiger partial charge in [-0.15, -0.1) is 0 Å². The van der Waals surface area contributed by atoms with Gasteiger partial charge in [0.1, 0.15) is 5.75 Å². The Morgan fingerprint density at radius 3 is 2.83 bits per heavy atom. The third kappa shape index (κ3) is 3.75. The number of phenols is 1. The molecule has 1 heterocycles. The highest BCUT2D eigenvalue weighted by atomic mass is 35.5. The van der Waals surface area contributed by atoms with Crippen LogP contribution in [0.1, 0.15) is 11.1 Å². The third-order valence-corrected chi connectivity index (χ3v) is 4.52. The predicted octanol–water partition coefficient (Wildman–Crippen LogP) is 4.25. The van der Waals surface area contributed by atoms with Gasteiger partial charge in [-0.1, -0.05) is 29.8 Å². The molecule has 0 saturated carbocycles. The number of nitrogens with zero attached hydrogens (tertiary/aromatic N) is 1. The van der Waals surface area contributed by atoms with Crippen molar-refractivity contribution in [1.82, 2.24) is 5.32 Å². The number of amidine groups is 1. The molecule has 3 rings (SSSR count). The molecule has 2 N–H and O–H groups in total. The highest BCUT2D eigenvalue weighted by Gasteiger charge is 2.23. The van der Waals surface area contributed by atoms with Gasteiger partial charge in [0.05, 0.1) is 10.6 Å². The van der Waals surface area contributed by atoms with Crippen LogP contribution in [0.2, 0.25) is 5.02 Å². The average molecular weight is 345 g/mol. The number of hydrogen-bond acceptors (Lipinski definition) is 4. The number of aromatic hydroxyl groups is 1. The maximum atomic E-state index is 12.0. The van der Waals surface area contributed by atoms with Gasteiger partial charge in [-0.05, 0) is 60.2 Å². The van der Waals surface area contributed by atoms with Crippen LogP contribution in [0.25, 0.3) is 6.08 Å². The molecule has 0 atom stereocenters. The van der Waals surface area contributed by atoms with Crippen molar-refractivity contribution in [2.75, 3.05) is 0 Å². The van der Waals surface area contributed by atoms with Crippen molar-refractivity contribution in [3.05, 3.63) is 63.5 Å². The minimum absolute atomic E-state index is 0.158. The first-order valence-corrected chi connectivity index (χ1v) is 8.05. The van der Waals surface area contributed by atoms with Crippen LogP contribution in [0.3, 0.4) is 0 Å². The summed E-state index contributed by atoms with van der Waals surface area (Å²) in [5.41, 5.74) is 2.41. The summed E-state index contributed by atoms with van der Waals surface area (Å²) in [7, 11) is 0. The molecule has 6 heteroatoms. The second-order valence-corrected chi connectivity index (χ2v) is 6.45. The molecule has 2 aromatic rings. The van der Waals surface area contributed by atoms with Crippen molar-refractivity contribution in [2.24, 2.45) is 4.99 Å². The molecule has 0 spiro atoms. The lowest BCUT2D eigenvalue weighted by Gasteiger charge is -2.00. The molecule has 1 fully saturated rings. The van der Waals surface area contributed by atoms with Gasteiger partial charge < -0.3 is 10.4 Å². The van der Waals surface area contributed by atoms with Crippen molar-refractivity contribution < 1.29 is 9.90 Å². The minimum atomic E-state index is -0.213. The van der Waals surface area contributed by atoms with E-state index in [0.717, 1.165) is 11.1 Å². The normalized spacial score (nSPS) is 17.7. The molecule has 0 aromatic heterocycles. The molecule has 23 heavy (non-hydrogen) atoms. The molecule has 4 nitrogen and oxygen atoms in total. The number of nitrogens with one attached hydrogen (secondary N) is 1. The maximum absolute atomic E-state index is 12.0. The number of carbonyl (C=O) groups excluding carboxylic acids is 1. The number of benzene rings is 2. The van der Waals surface area contributed by atoms with Crippen molar-refractivity contribution in [3.8, 4) is 5.75 Å². The topological polar surface area (TPSA) is 61.7 Å². The van der Waals surface area contributed by atoms with Crippen LogP contribution in [0.15, 0.2) is 52.4 Å². The van der Waals surface area contributed by atoms with E-state index in [1.54, 1.807) is 30.3 Å². The number of thioether (sulfide) groups is 1. The van der Waals surface area contributed by atoms with E-state index in [1.807, 2.05) is 25.1 Å². The highest BCUT2D eigenvalue weighted by molar-refractivity contribution is 8.18. The molecular formula is C17H13ClN2O2S. The summed E-state index contributed by atoms with van der Waals surface area (Å²) in [4.78, 5) is 16.9. The Morgan fingerprint density at radius 1 is 1.26 bits per heavy atom. The molecule has 1 aliphatic heterocycles. The van der Waals surface area contributed by atoms with Crippen LogP contribution < -0.4 is 5.32 Å². The van der Waals surface area contributed by atoms with Crippen molar-refractivity contribution in [1.29, 1.82) is 0 Å². The number of phenolic OH excluding ortho intramolecular Hbond substituents is 1. The largest absolute Gasteiger partial charge is 0.508 e. The first-order chi connectivity index (χ1) is 11.0. The van der Waals surface area contributed by atoms with E-state index in [-0.39, 0.29) is 11.7 Å². The fraction of sp³-hybridized carbons (Fsp3) is 0.0588.